The number of rotatable bonds is 4. The maximum atomic E-state index is 10.9. The Morgan fingerprint density at radius 3 is 3.11 bits per heavy atom. The van der Waals surface area contributed by atoms with Crippen LogP contribution in [0.3, 0.4) is 0 Å². The van der Waals surface area contributed by atoms with Gasteiger partial charge in [0, 0.05) is 13.2 Å². The van der Waals surface area contributed by atoms with Gasteiger partial charge in [-0.25, -0.2) is 9.97 Å². The highest BCUT2D eigenvalue weighted by Gasteiger charge is 2.22. The summed E-state index contributed by atoms with van der Waals surface area (Å²) >= 11 is 0. The highest BCUT2D eigenvalue weighted by atomic mass is 16.6. The fourth-order valence-corrected chi connectivity index (χ4v) is 1.91. The van der Waals surface area contributed by atoms with Gasteiger partial charge >= 0.3 is 5.69 Å². The maximum Gasteiger partial charge on any atom is 0.352 e. The molecule has 1 fully saturated rings. The number of hydrogen-bond donors (Lipinski definition) is 2. The molecule has 0 radical (unpaired) electrons. The van der Waals surface area contributed by atoms with Crippen molar-refractivity contribution in [3.63, 3.8) is 0 Å². The van der Waals surface area contributed by atoms with E-state index in [0.29, 0.717) is 19.1 Å². The van der Waals surface area contributed by atoms with Crippen molar-refractivity contribution in [1.82, 2.24) is 9.97 Å². The Bertz CT molecular complexity index is 434. The molecular formula is C10H15N5O3. The average molecular weight is 253 g/mol. The van der Waals surface area contributed by atoms with E-state index in [1.165, 1.54) is 6.33 Å². The zero-order valence-electron chi connectivity index (χ0n) is 9.83. The van der Waals surface area contributed by atoms with E-state index in [1.54, 1.807) is 0 Å². The zero-order chi connectivity index (χ0) is 13.0. The van der Waals surface area contributed by atoms with Gasteiger partial charge in [0.25, 0.3) is 0 Å². The van der Waals surface area contributed by atoms with E-state index in [1.807, 2.05) is 0 Å². The summed E-state index contributed by atoms with van der Waals surface area (Å²) in [7, 11) is 0. The SMILES string of the molecule is Nc1ncnc(NCC2CCCOC2)c1[N+](=O)[O-]. The maximum absolute atomic E-state index is 10.9. The molecule has 0 spiro atoms. The molecule has 0 amide bonds. The Morgan fingerprint density at radius 2 is 2.44 bits per heavy atom. The first-order chi connectivity index (χ1) is 8.68. The molecule has 1 aromatic heterocycles. The highest BCUT2D eigenvalue weighted by Crippen LogP contribution is 2.26. The second-order valence-electron chi connectivity index (χ2n) is 4.18. The number of hydrogen-bond acceptors (Lipinski definition) is 7. The molecule has 3 N–H and O–H groups in total. The number of anilines is 2. The van der Waals surface area contributed by atoms with Gasteiger partial charge in [0.1, 0.15) is 6.33 Å². The molecule has 98 valence electrons. The number of nitrogen functional groups attached to an aromatic ring is 1. The molecule has 8 heteroatoms. The van der Waals surface area contributed by atoms with Gasteiger partial charge in [0.2, 0.25) is 11.6 Å². The van der Waals surface area contributed by atoms with Crippen LogP contribution in [-0.2, 0) is 4.74 Å². The van der Waals surface area contributed by atoms with Crippen LogP contribution < -0.4 is 11.1 Å². The number of ether oxygens (including phenoxy) is 1. The van der Waals surface area contributed by atoms with Gasteiger partial charge in [-0.2, -0.15) is 0 Å². The van der Waals surface area contributed by atoms with E-state index in [-0.39, 0.29) is 17.3 Å². The van der Waals surface area contributed by atoms with Crippen molar-refractivity contribution in [2.24, 2.45) is 5.92 Å². The molecule has 0 saturated carbocycles. The van der Waals surface area contributed by atoms with Crippen molar-refractivity contribution in [1.29, 1.82) is 0 Å². The lowest BCUT2D eigenvalue weighted by molar-refractivity contribution is -0.383. The molecule has 1 saturated heterocycles. The summed E-state index contributed by atoms with van der Waals surface area (Å²) in [6.45, 7) is 2.04. The largest absolute Gasteiger partial charge is 0.381 e. The van der Waals surface area contributed by atoms with Gasteiger partial charge < -0.3 is 15.8 Å². The van der Waals surface area contributed by atoms with E-state index < -0.39 is 4.92 Å². The van der Waals surface area contributed by atoms with E-state index in [4.69, 9.17) is 10.5 Å². The normalized spacial score (nSPS) is 19.4. The summed E-state index contributed by atoms with van der Waals surface area (Å²) in [5, 5.41) is 13.8. The molecule has 0 aromatic carbocycles. The molecule has 2 heterocycles. The van der Waals surface area contributed by atoms with Crippen LogP contribution in [0.15, 0.2) is 6.33 Å². The topological polar surface area (TPSA) is 116 Å². The molecule has 8 nitrogen and oxygen atoms in total. The fraction of sp³-hybridized carbons (Fsp3) is 0.600. The van der Waals surface area contributed by atoms with E-state index >= 15 is 0 Å². The molecule has 0 bridgehead atoms. The first kappa shape index (κ1) is 12.5. The monoisotopic (exact) mass is 253 g/mol. The average Bonchev–Trinajstić information content (AvgIpc) is 2.37. The number of nitrogens with two attached hydrogens (primary N) is 1. The Kier molecular flexibility index (Phi) is 3.88. The Hall–Kier alpha value is -1.96. The molecule has 1 aliphatic heterocycles. The van der Waals surface area contributed by atoms with Crippen LogP contribution >= 0.6 is 0 Å². The second kappa shape index (κ2) is 5.58. The lowest BCUT2D eigenvalue weighted by Gasteiger charge is -2.22. The molecule has 0 aliphatic carbocycles. The van der Waals surface area contributed by atoms with Crippen molar-refractivity contribution in [2.75, 3.05) is 30.8 Å². The highest BCUT2D eigenvalue weighted by molar-refractivity contribution is 5.67. The van der Waals surface area contributed by atoms with Crippen molar-refractivity contribution in [3.8, 4) is 0 Å². The molecule has 1 aromatic rings. The van der Waals surface area contributed by atoms with Gasteiger partial charge in [-0.05, 0) is 18.8 Å². The summed E-state index contributed by atoms with van der Waals surface area (Å²) in [6.07, 6.45) is 3.27. The lowest BCUT2D eigenvalue weighted by Crippen LogP contribution is -2.25. The third-order valence-electron chi connectivity index (χ3n) is 2.85. The number of nitrogens with one attached hydrogen (secondary N) is 1. The van der Waals surface area contributed by atoms with E-state index in [0.717, 1.165) is 19.4 Å². The van der Waals surface area contributed by atoms with Crippen molar-refractivity contribution < 1.29 is 9.66 Å². The zero-order valence-corrected chi connectivity index (χ0v) is 9.83. The third kappa shape index (κ3) is 2.83. The number of nitrogens with zero attached hydrogens (tertiary/aromatic N) is 3. The molecule has 2 rings (SSSR count). The minimum atomic E-state index is -0.574. The number of aromatic nitrogens is 2. The van der Waals surface area contributed by atoms with Crippen LogP contribution in [0.1, 0.15) is 12.8 Å². The summed E-state index contributed by atoms with van der Waals surface area (Å²) < 4.78 is 5.34. The Balaban J connectivity index is 2.04. The van der Waals surface area contributed by atoms with Crippen LogP contribution in [0.25, 0.3) is 0 Å². The predicted molar refractivity (Wildman–Crippen MR) is 65.1 cm³/mol. The minimum Gasteiger partial charge on any atom is -0.381 e. The molecule has 1 atom stereocenters. The minimum absolute atomic E-state index is 0.127. The van der Waals surface area contributed by atoms with Gasteiger partial charge in [-0.1, -0.05) is 0 Å². The van der Waals surface area contributed by atoms with E-state index in [9.17, 15) is 10.1 Å². The standard InChI is InChI=1S/C10H15N5O3/c11-9-8(15(16)17)10(14-6-13-9)12-4-7-2-1-3-18-5-7/h6-7H,1-5H2,(H3,11,12,13,14). The molecular weight excluding hydrogens is 238 g/mol. The first-order valence-corrected chi connectivity index (χ1v) is 5.75. The summed E-state index contributed by atoms with van der Waals surface area (Å²) in [6, 6.07) is 0. The lowest BCUT2D eigenvalue weighted by atomic mass is 10.0. The van der Waals surface area contributed by atoms with Crippen molar-refractivity contribution in [3.05, 3.63) is 16.4 Å². The van der Waals surface area contributed by atoms with Crippen LogP contribution in [0, 0.1) is 16.0 Å². The Labute approximate surface area is 104 Å². The second-order valence-corrected chi connectivity index (χ2v) is 4.18. The predicted octanol–water partition coefficient (Wildman–Crippen LogP) is 0.805. The Morgan fingerprint density at radius 1 is 1.61 bits per heavy atom. The van der Waals surface area contributed by atoms with Crippen LogP contribution in [-0.4, -0.2) is 34.6 Å². The van der Waals surface area contributed by atoms with Gasteiger partial charge in [-0.3, -0.25) is 10.1 Å². The van der Waals surface area contributed by atoms with Gasteiger partial charge in [-0.15, -0.1) is 0 Å². The molecule has 1 aliphatic rings. The summed E-state index contributed by atoms with van der Waals surface area (Å²) in [5.41, 5.74) is 5.20. The third-order valence-corrected chi connectivity index (χ3v) is 2.85. The van der Waals surface area contributed by atoms with Crippen LogP contribution in [0.4, 0.5) is 17.3 Å². The van der Waals surface area contributed by atoms with Gasteiger partial charge in [0.15, 0.2) is 0 Å². The van der Waals surface area contributed by atoms with Crippen LogP contribution in [0.2, 0.25) is 0 Å². The van der Waals surface area contributed by atoms with Crippen LogP contribution in [0.5, 0.6) is 0 Å². The molecule has 18 heavy (non-hydrogen) atoms. The van der Waals surface area contributed by atoms with Gasteiger partial charge in [0.05, 0.1) is 11.5 Å². The van der Waals surface area contributed by atoms with E-state index in [2.05, 4.69) is 15.3 Å². The first-order valence-electron chi connectivity index (χ1n) is 5.75. The fourth-order valence-electron chi connectivity index (χ4n) is 1.91. The molecule has 1 unspecified atom stereocenters. The summed E-state index contributed by atoms with van der Waals surface area (Å²) in [5.74, 6) is 0.380. The smallest absolute Gasteiger partial charge is 0.352 e. The van der Waals surface area contributed by atoms with Crippen molar-refractivity contribution >= 4 is 17.3 Å². The quantitative estimate of drug-likeness (QED) is 0.602. The number of nitro groups is 1. The summed E-state index contributed by atoms with van der Waals surface area (Å²) in [4.78, 5) is 17.8. The van der Waals surface area contributed by atoms with Crippen molar-refractivity contribution in [2.45, 2.75) is 12.8 Å².